The molecule has 0 fully saturated rings. The maximum absolute atomic E-state index is 10.4. The van der Waals surface area contributed by atoms with Gasteiger partial charge in [0.05, 0.1) is 11.1 Å². The lowest BCUT2D eigenvalue weighted by atomic mass is 10.1. The van der Waals surface area contributed by atoms with Crippen LogP contribution in [0.25, 0.3) is 0 Å². The van der Waals surface area contributed by atoms with Gasteiger partial charge >= 0.3 is 17.9 Å². The Bertz CT molecular complexity index is 677. The number of carboxylic acid groups (broad SMARTS) is 3. The van der Waals surface area contributed by atoms with Gasteiger partial charge in [-0.1, -0.05) is 18.2 Å². The summed E-state index contributed by atoms with van der Waals surface area (Å²) in [6.07, 6.45) is 0. The Morgan fingerprint density at radius 3 is 1.55 bits per heavy atom. The molecule has 0 saturated heterocycles. The Hall–Kier alpha value is -3.35. The van der Waals surface area contributed by atoms with Gasteiger partial charge in [0.25, 0.3) is 0 Å². The topological polar surface area (TPSA) is 132 Å². The Morgan fingerprint density at radius 2 is 1.18 bits per heavy atom. The average molecular weight is 304 g/mol. The molecule has 0 aliphatic rings. The molecule has 7 heteroatoms. The standard InChI is InChI=1S/C8H6O4.C7H6O3/c9-7(10)5-2-1-3-6(4-5)8(11)12;8-6-4-2-1-3-5(6)7(9)10/h1-4H,(H,9,10)(H,11,12);1-4,8H,(H,9,10). The Morgan fingerprint density at radius 1 is 0.682 bits per heavy atom. The second kappa shape index (κ2) is 7.44. The van der Waals surface area contributed by atoms with E-state index in [1.54, 1.807) is 12.1 Å². The molecule has 0 heterocycles. The first-order valence-electron chi connectivity index (χ1n) is 5.91. The average Bonchev–Trinajstić information content (AvgIpc) is 2.48. The van der Waals surface area contributed by atoms with Crippen LogP contribution in [0, 0.1) is 0 Å². The summed E-state index contributed by atoms with van der Waals surface area (Å²) < 4.78 is 0. The van der Waals surface area contributed by atoms with E-state index < -0.39 is 17.9 Å². The predicted molar refractivity (Wildman–Crippen MR) is 75.4 cm³/mol. The van der Waals surface area contributed by atoms with Crippen molar-refractivity contribution >= 4 is 17.9 Å². The molecule has 22 heavy (non-hydrogen) atoms. The predicted octanol–water partition coefficient (Wildman–Crippen LogP) is 2.17. The largest absolute Gasteiger partial charge is 0.507 e. The third-order valence-electron chi connectivity index (χ3n) is 2.49. The van der Waals surface area contributed by atoms with E-state index >= 15 is 0 Å². The minimum Gasteiger partial charge on any atom is -0.507 e. The fourth-order valence-corrected chi connectivity index (χ4v) is 1.44. The molecular formula is C15H12O7. The van der Waals surface area contributed by atoms with Crippen LogP contribution in [0.1, 0.15) is 31.1 Å². The van der Waals surface area contributed by atoms with Crippen LogP contribution in [0.3, 0.4) is 0 Å². The van der Waals surface area contributed by atoms with Crippen LogP contribution >= 0.6 is 0 Å². The second-order valence-corrected chi connectivity index (χ2v) is 4.01. The molecular weight excluding hydrogens is 292 g/mol. The van der Waals surface area contributed by atoms with Gasteiger partial charge in [0.2, 0.25) is 0 Å². The number of hydrogen-bond acceptors (Lipinski definition) is 4. The molecule has 114 valence electrons. The van der Waals surface area contributed by atoms with Gasteiger partial charge in [-0.25, -0.2) is 14.4 Å². The van der Waals surface area contributed by atoms with E-state index in [-0.39, 0.29) is 22.4 Å². The van der Waals surface area contributed by atoms with Crippen LogP contribution in [0.5, 0.6) is 5.75 Å². The zero-order valence-electron chi connectivity index (χ0n) is 11.1. The Labute approximate surface area is 124 Å². The van der Waals surface area contributed by atoms with Gasteiger partial charge in [0.1, 0.15) is 11.3 Å². The third-order valence-corrected chi connectivity index (χ3v) is 2.49. The highest BCUT2D eigenvalue weighted by Crippen LogP contribution is 2.14. The molecule has 4 N–H and O–H groups in total. The fraction of sp³-hybridized carbons (Fsp3) is 0. The minimum atomic E-state index is -1.13. The summed E-state index contributed by atoms with van der Waals surface area (Å²) in [6.45, 7) is 0. The number of rotatable bonds is 3. The lowest BCUT2D eigenvalue weighted by Crippen LogP contribution is -2.01. The van der Waals surface area contributed by atoms with Crippen molar-refractivity contribution in [3.63, 3.8) is 0 Å². The maximum atomic E-state index is 10.4. The highest BCUT2D eigenvalue weighted by atomic mass is 16.4. The van der Waals surface area contributed by atoms with Crippen molar-refractivity contribution < 1.29 is 34.8 Å². The molecule has 0 saturated carbocycles. The molecule has 0 bridgehead atoms. The summed E-state index contributed by atoms with van der Waals surface area (Å²) in [5, 5.41) is 34.3. The second-order valence-electron chi connectivity index (χ2n) is 4.01. The van der Waals surface area contributed by atoms with E-state index in [0.717, 1.165) is 6.07 Å². The summed E-state index contributed by atoms with van der Waals surface area (Å²) in [5.41, 5.74) is -0.104. The molecule has 0 aliphatic heterocycles. The lowest BCUT2D eigenvalue weighted by molar-refractivity contribution is 0.0680. The normalized spacial score (nSPS) is 9.27. The summed E-state index contributed by atoms with van der Waals surface area (Å²) in [5.74, 6) is -3.57. The summed E-state index contributed by atoms with van der Waals surface area (Å²) in [4.78, 5) is 31.0. The van der Waals surface area contributed by atoms with Crippen LogP contribution in [0.2, 0.25) is 0 Å². The minimum absolute atomic E-state index is 0.0186. The number of para-hydroxylation sites is 1. The van der Waals surface area contributed by atoms with E-state index in [1.165, 1.54) is 30.3 Å². The fourth-order valence-electron chi connectivity index (χ4n) is 1.44. The number of aromatic hydroxyl groups is 1. The van der Waals surface area contributed by atoms with Gasteiger partial charge in [0.15, 0.2) is 0 Å². The van der Waals surface area contributed by atoms with Crippen molar-refractivity contribution in [3.8, 4) is 5.75 Å². The van der Waals surface area contributed by atoms with Gasteiger partial charge in [-0.2, -0.15) is 0 Å². The van der Waals surface area contributed by atoms with Crippen LogP contribution in [0.4, 0.5) is 0 Å². The summed E-state index contributed by atoms with van der Waals surface area (Å²) in [7, 11) is 0. The van der Waals surface area contributed by atoms with Crippen molar-refractivity contribution in [2.75, 3.05) is 0 Å². The van der Waals surface area contributed by atoms with Crippen LogP contribution in [0.15, 0.2) is 48.5 Å². The number of aromatic carboxylic acids is 3. The molecule has 2 aromatic rings. The molecule has 0 amide bonds. The smallest absolute Gasteiger partial charge is 0.339 e. The highest BCUT2D eigenvalue weighted by molar-refractivity contribution is 5.93. The molecule has 0 unspecified atom stereocenters. The summed E-state index contributed by atoms with van der Waals surface area (Å²) in [6, 6.07) is 11.0. The molecule has 7 nitrogen and oxygen atoms in total. The van der Waals surface area contributed by atoms with E-state index in [4.69, 9.17) is 20.4 Å². The number of carboxylic acids is 3. The molecule has 0 spiro atoms. The van der Waals surface area contributed by atoms with Gasteiger partial charge < -0.3 is 20.4 Å². The summed E-state index contributed by atoms with van der Waals surface area (Å²) >= 11 is 0. The molecule has 0 atom stereocenters. The number of hydrogen-bond donors (Lipinski definition) is 4. The van der Waals surface area contributed by atoms with Crippen molar-refractivity contribution in [2.45, 2.75) is 0 Å². The first kappa shape index (κ1) is 16.7. The van der Waals surface area contributed by atoms with Crippen molar-refractivity contribution in [2.24, 2.45) is 0 Å². The first-order valence-corrected chi connectivity index (χ1v) is 5.91. The van der Waals surface area contributed by atoms with E-state index in [0.29, 0.717) is 0 Å². The lowest BCUT2D eigenvalue weighted by Gasteiger charge is -1.95. The number of carbonyl (C=O) groups is 3. The van der Waals surface area contributed by atoms with E-state index in [9.17, 15) is 14.4 Å². The van der Waals surface area contributed by atoms with Gasteiger partial charge in [0, 0.05) is 0 Å². The molecule has 2 aromatic carbocycles. The number of phenols is 1. The quantitative estimate of drug-likeness (QED) is 0.683. The first-order chi connectivity index (χ1) is 10.3. The molecule has 0 aromatic heterocycles. The van der Waals surface area contributed by atoms with Crippen molar-refractivity contribution in [1.82, 2.24) is 0 Å². The number of benzene rings is 2. The van der Waals surface area contributed by atoms with E-state index in [2.05, 4.69) is 0 Å². The maximum Gasteiger partial charge on any atom is 0.339 e. The van der Waals surface area contributed by atoms with Gasteiger partial charge in [-0.15, -0.1) is 0 Å². The van der Waals surface area contributed by atoms with Crippen LogP contribution in [-0.2, 0) is 0 Å². The zero-order chi connectivity index (χ0) is 16.7. The van der Waals surface area contributed by atoms with Crippen LogP contribution < -0.4 is 0 Å². The Balaban J connectivity index is 0.000000224. The van der Waals surface area contributed by atoms with E-state index in [1.807, 2.05) is 0 Å². The van der Waals surface area contributed by atoms with Crippen molar-refractivity contribution in [3.05, 3.63) is 65.2 Å². The third kappa shape index (κ3) is 4.64. The van der Waals surface area contributed by atoms with Gasteiger partial charge in [-0.05, 0) is 30.3 Å². The Kier molecular flexibility index (Phi) is 5.65. The highest BCUT2D eigenvalue weighted by Gasteiger charge is 2.07. The van der Waals surface area contributed by atoms with Gasteiger partial charge in [-0.3, -0.25) is 0 Å². The molecule has 0 radical (unpaired) electrons. The molecule has 0 aliphatic carbocycles. The van der Waals surface area contributed by atoms with Crippen molar-refractivity contribution in [1.29, 1.82) is 0 Å². The SMILES string of the molecule is O=C(O)c1cccc(C(=O)O)c1.O=C(O)c1ccccc1O. The monoisotopic (exact) mass is 304 g/mol. The molecule has 2 rings (SSSR count). The zero-order valence-corrected chi connectivity index (χ0v) is 11.1. The van der Waals surface area contributed by atoms with Crippen LogP contribution in [-0.4, -0.2) is 38.3 Å².